The van der Waals surface area contributed by atoms with Crippen molar-refractivity contribution in [3.8, 4) is 5.75 Å². The molecule has 0 bridgehead atoms. The zero-order chi connectivity index (χ0) is 20.1. The molecule has 2 aliphatic heterocycles. The number of likely N-dealkylation sites (tertiary alicyclic amines) is 1. The number of fused-ring (bicyclic) bond motifs is 3. The fourth-order valence-corrected chi connectivity index (χ4v) is 4.74. The van der Waals surface area contributed by atoms with Gasteiger partial charge in [-0.1, -0.05) is 30.3 Å². The summed E-state index contributed by atoms with van der Waals surface area (Å²) in [5.41, 5.74) is 4.53. The summed E-state index contributed by atoms with van der Waals surface area (Å²) in [6, 6.07) is 15.7. The Bertz CT molecular complexity index is 1110. The summed E-state index contributed by atoms with van der Waals surface area (Å²) >= 11 is 0. The number of H-pyrrole nitrogens is 1. The van der Waals surface area contributed by atoms with Crippen LogP contribution in [-0.4, -0.2) is 53.3 Å². The van der Waals surface area contributed by atoms with Crippen LogP contribution in [0.25, 0.3) is 10.9 Å². The van der Waals surface area contributed by atoms with Gasteiger partial charge in [-0.15, -0.1) is 0 Å². The minimum atomic E-state index is -0.424. The minimum Gasteiger partial charge on any atom is -0.497 e. The summed E-state index contributed by atoms with van der Waals surface area (Å²) in [5.74, 6) is 0.604. The molecule has 6 nitrogen and oxygen atoms in total. The molecule has 2 atom stereocenters. The van der Waals surface area contributed by atoms with Crippen molar-refractivity contribution in [1.82, 2.24) is 14.8 Å². The van der Waals surface area contributed by atoms with Crippen molar-refractivity contribution in [3.63, 3.8) is 0 Å². The first-order valence-electron chi connectivity index (χ1n) is 9.88. The summed E-state index contributed by atoms with van der Waals surface area (Å²) in [7, 11) is 3.25. The SMILES string of the molecule is COc1ccc2[nH]c3c(c2c1)CCN([C@@H]1CC(=O)N(C)C1=O)[C@H]3c1ccccc1. The monoisotopic (exact) mass is 389 g/mol. The Morgan fingerprint density at radius 1 is 1.10 bits per heavy atom. The van der Waals surface area contributed by atoms with Gasteiger partial charge >= 0.3 is 0 Å². The molecule has 0 unspecified atom stereocenters. The summed E-state index contributed by atoms with van der Waals surface area (Å²) < 4.78 is 5.42. The van der Waals surface area contributed by atoms with Gasteiger partial charge in [0.25, 0.3) is 0 Å². The highest BCUT2D eigenvalue weighted by molar-refractivity contribution is 6.05. The van der Waals surface area contributed by atoms with Gasteiger partial charge in [-0.05, 0) is 35.7 Å². The van der Waals surface area contributed by atoms with E-state index in [1.54, 1.807) is 14.2 Å². The number of ether oxygens (including phenoxy) is 1. The lowest BCUT2D eigenvalue weighted by molar-refractivity contribution is -0.138. The molecule has 1 saturated heterocycles. The van der Waals surface area contributed by atoms with E-state index in [1.165, 1.54) is 10.5 Å². The molecule has 148 valence electrons. The van der Waals surface area contributed by atoms with E-state index in [-0.39, 0.29) is 24.3 Å². The third-order valence-electron chi connectivity index (χ3n) is 6.24. The van der Waals surface area contributed by atoms with Crippen LogP contribution >= 0.6 is 0 Å². The molecule has 5 rings (SSSR count). The number of amides is 2. The number of benzene rings is 2. The topological polar surface area (TPSA) is 65.6 Å². The van der Waals surface area contributed by atoms with Gasteiger partial charge in [0.05, 0.1) is 25.6 Å². The van der Waals surface area contributed by atoms with E-state index in [1.807, 2.05) is 30.3 Å². The first-order chi connectivity index (χ1) is 14.1. The maximum atomic E-state index is 12.8. The fraction of sp³-hybridized carbons (Fsp3) is 0.304. The lowest BCUT2D eigenvalue weighted by atomic mass is 9.90. The van der Waals surface area contributed by atoms with Gasteiger partial charge in [0.1, 0.15) is 5.75 Å². The summed E-state index contributed by atoms with van der Waals surface area (Å²) in [6.07, 6.45) is 1.05. The van der Waals surface area contributed by atoms with E-state index in [0.29, 0.717) is 6.54 Å². The Balaban J connectivity index is 1.66. The minimum absolute atomic E-state index is 0.105. The standard InChI is InChI=1S/C23H23N3O3/c1-25-20(27)13-19(23(25)28)26-11-10-16-17-12-15(29-2)8-9-18(17)24-21(16)22(26)14-6-4-3-5-7-14/h3-9,12,19,22,24H,10-11,13H2,1-2H3/t19-,22+/m1/s1. The van der Waals surface area contributed by atoms with Crippen LogP contribution in [0, 0.1) is 0 Å². The molecular formula is C23H23N3O3. The predicted octanol–water partition coefficient (Wildman–Crippen LogP) is 2.88. The van der Waals surface area contributed by atoms with Crippen LogP contribution in [0.5, 0.6) is 5.75 Å². The third-order valence-corrected chi connectivity index (χ3v) is 6.24. The molecule has 6 heteroatoms. The van der Waals surface area contributed by atoms with Crippen LogP contribution in [-0.2, 0) is 16.0 Å². The van der Waals surface area contributed by atoms with E-state index < -0.39 is 6.04 Å². The van der Waals surface area contributed by atoms with Gasteiger partial charge < -0.3 is 9.72 Å². The van der Waals surface area contributed by atoms with Crippen LogP contribution in [0.4, 0.5) is 0 Å². The average Bonchev–Trinajstić information content (AvgIpc) is 3.25. The Morgan fingerprint density at radius 3 is 2.59 bits per heavy atom. The van der Waals surface area contributed by atoms with Crippen molar-refractivity contribution >= 4 is 22.7 Å². The number of methoxy groups -OCH3 is 1. The highest BCUT2D eigenvalue weighted by Gasteiger charge is 2.45. The van der Waals surface area contributed by atoms with Crippen LogP contribution in [0.1, 0.15) is 29.3 Å². The van der Waals surface area contributed by atoms with E-state index in [2.05, 4.69) is 28.1 Å². The van der Waals surface area contributed by atoms with Gasteiger partial charge in [0, 0.05) is 30.2 Å². The average molecular weight is 389 g/mol. The molecule has 0 spiro atoms. The Morgan fingerprint density at radius 2 is 1.90 bits per heavy atom. The molecule has 2 amide bonds. The third kappa shape index (κ3) is 2.75. The maximum absolute atomic E-state index is 12.8. The number of likely N-dealkylation sites (N-methyl/N-ethyl adjacent to an activating group) is 1. The van der Waals surface area contributed by atoms with Crippen LogP contribution < -0.4 is 4.74 Å². The van der Waals surface area contributed by atoms with E-state index in [4.69, 9.17) is 4.74 Å². The van der Waals surface area contributed by atoms with Crippen LogP contribution in [0.15, 0.2) is 48.5 Å². The molecule has 0 saturated carbocycles. The van der Waals surface area contributed by atoms with Gasteiger partial charge in [-0.2, -0.15) is 0 Å². The molecule has 0 aliphatic carbocycles. The second kappa shape index (κ2) is 6.74. The summed E-state index contributed by atoms with van der Waals surface area (Å²) in [4.78, 5) is 32.0. The number of nitrogens with zero attached hydrogens (tertiary/aromatic N) is 2. The largest absolute Gasteiger partial charge is 0.497 e. The highest BCUT2D eigenvalue weighted by atomic mass is 16.5. The fourth-order valence-electron chi connectivity index (χ4n) is 4.74. The van der Waals surface area contributed by atoms with Crippen molar-refractivity contribution in [2.45, 2.75) is 24.9 Å². The van der Waals surface area contributed by atoms with Crippen molar-refractivity contribution in [2.75, 3.05) is 20.7 Å². The number of imide groups is 1. The Labute approximate surface area is 169 Å². The molecular weight excluding hydrogens is 366 g/mol. The smallest absolute Gasteiger partial charge is 0.246 e. The van der Waals surface area contributed by atoms with E-state index in [0.717, 1.165) is 34.3 Å². The molecule has 2 aromatic carbocycles. The second-order valence-electron chi connectivity index (χ2n) is 7.74. The van der Waals surface area contributed by atoms with Crippen LogP contribution in [0.2, 0.25) is 0 Å². The van der Waals surface area contributed by atoms with E-state index >= 15 is 0 Å². The number of carbonyl (C=O) groups excluding carboxylic acids is 2. The first-order valence-corrected chi connectivity index (χ1v) is 9.88. The quantitative estimate of drug-likeness (QED) is 0.700. The molecule has 29 heavy (non-hydrogen) atoms. The number of hydrogen-bond donors (Lipinski definition) is 1. The predicted molar refractivity (Wildman–Crippen MR) is 110 cm³/mol. The zero-order valence-electron chi connectivity index (χ0n) is 16.5. The van der Waals surface area contributed by atoms with Crippen LogP contribution in [0.3, 0.4) is 0 Å². The number of nitrogens with one attached hydrogen (secondary N) is 1. The number of rotatable bonds is 3. The molecule has 1 fully saturated rings. The lowest BCUT2D eigenvalue weighted by Crippen LogP contribution is -2.46. The molecule has 2 aliphatic rings. The number of aromatic nitrogens is 1. The number of hydrogen-bond acceptors (Lipinski definition) is 4. The van der Waals surface area contributed by atoms with Crippen molar-refractivity contribution in [1.29, 1.82) is 0 Å². The Hall–Kier alpha value is -3.12. The summed E-state index contributed by atoms with van der Waals surface area (Å²) in [5, 5.41) is 1.16. The maximum Gasteiger partial charge on any atom is 0.246 e. The normalized spacial score (nSPS) is 22.3. The second-order valence-corrected chi connectivity index (χ2v) is 7.74. The molecule has 3 aromatic rings. The molecule has 1 aromatic heterocycles. The van der Waals surface area contributed by atoms with Gasteiger partial charge in [-0.25, -0.2) is 0 Å². The number of carbonyl (C=O) groups is 2. The van der Waals surface area contributed by atoms with E-state index in [9.17, 15) is 9.59 Å². The van der Waals surface area contributed by atoms with Crippen molar-refractivity contribution < 1.29 is 14.3 Å². The molecule has 0 radical (unpaired) electrons. The van der Waals surface area contributed by atoms with Gasteiger partial charge in [-0.3, -0.25) is 19.4 Å². The van der Waals surface area contributed by atoms with Crippen molar-refractivity contribution in [3.05, 3.63) is 65.4 Å². The van der Waals surface area contributed by atoms with Gasteiger partial charge in [0.15, 0.2) is 0 Å². The zero-order valence-corrected chi connectivity index (χ0v) is 16.5. The summed E-state index contributed by atoms with van der Waals surface area (Å²) in [6.45, 7) is 0.717. The molecule has 1 N–H and O–H groups in total. The number of aromatic amines is 1. The first kappa shape index (κ1) is 17.9. The highest BCUT2D eigenvalue weighted by Crippen LogP contribution is 2.41. The lowest BCUT2D eigenvalue weighted by Gasteiger charge is -2.39. The van der Waals surface area contributed by atoms with Gasteiger partial charge in [0.2, 0.25) is 11.8 Å². The van der Waals surface area contributed by atoms with Crippen molar-refractivity contribution in [2.24, 2.45) is 0 Å². The molecule has 3 heterocycles. The Kier molecular flexibility index (Phi) is 4.17.